The van der Waals surface area contributed by atoms with Crippen molar-refractivity contribution in [1.29, 1.82) is 0 Å². The Balaban J connectivity index is 1.79. The van der Waals surface area contributed by atoms with Crippen molar-refractivity contribution in [2.24, 2.45) is 0 Å². The molecule has 37 heavy (non-hydrogen) atoms. The van der Waals surface area contributed by atoms with Gasteiger partial charge in [0, 0.05) is 23.5 Å². The molecule has 194 valence electrons. The summed E-state index contributed by atoms with van der Waals surface area (Å²) >= 11 is 0. The van der Waals surface area contributed by atoms with E-state index >= 15 is 0 Å². The lowest BCUT2D eigenvalue weighted by Gasteiger charge is -2.35. The number of benzene rings is 2. The summed E-state index contributed by atoms with van der Waals surface area (Å²) in [6, 6.07) is 15.2. The van der Waals surface area contributed by atoms with E-state index in [0.717, 1.165) is 43.5 Å². The van der Waals surface area contributed by atoms with E-state index in [2.05, 4.69) is 92.6 Å². The second kappa shape index (κ2) is 14.0. The molecule has 0 aromatic heterocycles. The number of esters is 2. The topological polar surface area (TPSA) is 55.8 Å². The van der Waals surface area contributed by atoms with Gasteiger partial charge >= 0.3 is 11.9 Å². The second-order valence-corrected chi connectivity index (χ2v) is 9.16. The summed E-state index contributed by atoms with van der Waals surface area (Å²) in [5.41, 5.74) is 7.28. The first-order valence-electron chi connectivity index (χ1n) is 12.8. The number of aryl methyl sites for hydroxylation is 3. The van der Waals surface area contributed by atoms with Crippen LogP contribution in [-0.4, -0.2) is 31.2 Å². The zero-order valence-electron chi connectivity index (χ0n) is 21.9. The van der Waals surface area contributed by atoms with Crippen molar-refractivity contribution in [2.45, 2.75) is 52.0 Å². The van der Waals surface area contributed by atoms with Gasteiger partial charge in [0.15, 0.2) is 0 Å². The molecule has 2 aromatic rings. The lowest BCUT2D eigenvalue weighted by Crippen LogP contribution is -2.31. The summed E-state index contributed by atoms with van der Waals surface area (Å²) in [6.45, 7) is 11.9. The van der Waals surface area contributed by atoms with Crippen LogP contribution in [0, 0.1) is 13.8 Å². The van der Waals surface area contributed by atoms with Crippen molar-refractivity contribution < 1.29 is 19.1 Å². The van der Waals surface area contributed by atoms with Gasteiger partial charge in [-0.15, -0.1) is 0 Å². The Bertz CT molecular complexity index is 1180. The maximum atomic E-state index is 11.4. The smallest absolute Gasteiger partial charge is 0.330 e. The molecule has 5 heteroatoms. The molecule has 3 rings (SSSR count). The molecule has 0 radical (unpaired) electrons. The van der Waals surface area contributed by atoms with E-state index in [1.807, 2.05) is 0 Å². The average molecular weight is 500 g/mol. The van der Waals surface area contributed by atoms with Crippen molar-refractivity contribution in [3.05, 3.63) is 108 Å². The number of nitrogens with zero attached hydrogens (tertiary/aromatic N) is 1. The van der Waals surface area contributed by atoms with Gasteiger partial charge in [-0.3, -0.25) is 0 Å². The molecule has 1 atom stereocenters. The minimum absolute atomic E-state index is 0.157. The highest BCUT2D eigenvalue weighted by Gasteiger charge is 2.22. The third kappa shape index (κ3) is 8.07. The number of hydrogen-bond acceptors (Lipinski definition) is 5. The van der Waals surface area contributed by atoms with Gasteiger partial charge in [0.2, 0.25) is 0 Å². The fraction of sp³-hybridized carbons (Fsp3) is 0.312. The van der Waals surface area contributed by atoms with Crippen molar-refractivity contribution in [3.63, 3.8) is 0 Å². The van der Waals surface area contributed by atoms with Gasteiger partial charge in [-0.05, 0) is 80.8 Å². The molecule has 5 nitrogen and oxygen atoms in total. The summed E-state index contributed by atoms with van der Waals surface area (Å²) in [6.07, 6.45) is 13.2. The number of rotatable bonds is 13. The molecule has 0 spiro atoms. The molecule has 0 fully saturated rings. The summed E-state index contributed by atoms with van der Waals surface area (Å²) < 4.78 is 10.3. The maximum Gasteiger partial charge on any atom is 0.330 e. The standard InChI is InChI=1S/C32H37NO4/c1-5-31(34)36-21-9-11-26-16-19-28(20-17-26)33(29-18-15-24(3)25(4)23-29)30-14-8-7-12-27(30)13-10-22-37-32(35)6-2/h5-8,12,14-19,23,28H,1-2,9-11,13,20-22H2,3-4H3. The van der Waals surface area contributed by atoms with Gasteiger partial charge in [0.1, 0.15) is 0 Å². The predicted octanol–water partition coefficient (Wildman–Crippen LogP) is 6.87. The molecule has 0 aliphatic heterocycles. The zero-order chi connectivity index (χ0) is 26.6. The van der Waals surface area contributed by atoms with Gasteiger partial charge in [0.05, 0.1) is 19.3 Å². The zero-order valence-corrected chi connectivity index (χ0v) is 21.9. The largest absolute Gasteiger partial charge is 0.463 e. The van der Waals surface area contributed by atoms with E-state index in [1.165, 1.54) is 34.4 Å². The molecule has 0 saturated heterocycles. The number of allylic oxidation sites excluding steroid dienone is 2. The Hall–Kier alpha value is -3.86. The van der Waals surface area contributed by atoms with Crippen LogP contribution in [0.4, 0.5) is 11.4 Å². The Morgan fingerprint density at radius 1 is 0.946 bits per heavy atom. The number of hydrogen-bond donors (Lipinski definition) is 0. The van der Waals surface area contributed by atoms with Crippen LogP contribution in [-0.2, 0) is 25.5 Å². The van der Waals surface area contributed by atoms with Crippen LogP contribution in [0.1, 0.15) is 42.4 Å². The van der Waals surface area contributed by atoms with Crippen LogP contribution >= 0.6 is 0 Å². The summed E-state index contributed by atoms with van der Waals surface area (Å²) in [7, 11) is 0. The summed E-state index contributed by atoms with van der Waals surface area (Å²) in [5.74, 6) is -0.770. The Morgan fingerprint density at radius 2 is 1.62 bits per heavy atom. The van der Waals surface area contributed by atoms with E-state index in [4.69, 9.17) is 9.47 Å². The normalized spacial score (nSPS) is 14.4. The van der Waals surface area contributed by atoms with Crippen molar-refractivity contribution in [1.82, 2.24) is 0 Å². The van der Waals surface area contributed by atoms with E-state index in [1.54, 1.807) is 0 Å². The molecule has 0 heterocycles. The molecule has 1 unspecified atom stereocenters. The van der Waals surface area contributed by atoms with Crippen molar-refractivity contribution in [2.75, 3.05) is 18.1 Å². The third-order valence-electron chi connectivity index (χ3n) is 6.53. The molecule has 1 aliphatic rings. The average Bonchev–Trinajstić information content (AvgIpc) is 2.92. The van der Waals surface area contributed by atoms with Gasteiger partial charge in [-0.25, -0.2) is 9.59 Å². The lowest BCUT2D eigenvalue weighted by atomic mass is 9.96. The fourth-order valence-electron chi connectivity index (χ4n) is 4.37. The Labute approximate surface area is 220 Å². The van der Waals surface area contributed by atoms with Crippen LogP contribution in [0.3, 0.4) is 0 Å². The molecule has 2 aromatic carbocycles. The van der Waals surface area contributed by atoms with Crippen LogP contribution in [0.5, 0.6) is 0 Å². The van der Waals surface area contributed by atoms with Crippen LogP contribution in [0.2, 0.25) is 0 Å². The first kappa shape index (κ1) is 27.7. The second-order valence-electron chi connectivity index (χ2n) is 9.16. The van der Waals surface area contributed by atoms with Gasteiger partial charge < -0.3 is 14.4 Å². The Morgan fingerprint density at radius 3 is 2.24 bits per heavy atom. The van der Waals surface area contributed by atoms with Gasteiger partial charge in [-0.1, -0.05) is 61.2 Å². The highest BCUT2D eigenvalue weighted by Crippen LogP contribution is 2.35. The van der Waals surface area contributed by atoms with Crippen LogP contribution < -0.4 is 4.90 Å². The number of carbonyl (C=O) groups is 2. The first-order valence-corrected chi connectivity index (χ1v) is 12.8. The van der Waals surface area contributed by atoms with Crippen molar-refractivity contribution >= 4 is 23.3 Å². The summed E-state index contributed by atoms with van der Waals surface area (Å²) in [4.78, 5) is 25.1. The summed E-state index contributed by atoms with van der Waals surface area (Å²) in [5, 5.41) is 0. The van der Waals surface area contributed by atoms with Crippen LogP contribution in [0.15, 0.2) is 91.6 Å². The fourth-order valence-corrected chi connectivity index (χ4v) is 4.37. The number of para-hydroxylation sites is 1. The molecule has 0 bridgehead atoms. The molecular weight excluding hydrogens is 462 g/mol. The molecule has 1 aliphatic carbocycles. The number of carbonyl (C=O) groups excluding carboxylic acids is 2. The first-order chi connectivity index (χ1) is 17.9. The number of ether oxygens (including phenoxy) is 2. The van der Waals surface area contributed by atoms with E-state index in [-0.39, 0.29) is 18.0 Å². The SMILES string of the molecule is C=CC(=O)OCCCC1=CCC(N(c2ccc(C)c(C)c2)c2ccccc2CCCOC(=O)C=C)C=C1. The van der Waals surface area contributed by atoms with E-state index in [0.29, 0.717) is 13.2 Å². The van der Waals surface area contributed by atoms with E-state index in [9.17, 15) is 9.59 Å². The molecule has 0 amide bonds. The minimum atomic E-state index is -0.390. The quantitative estimate of drug-likeness (QED) is 0.171. The maximum absolute atomic E-state index is 11.4. The van der Waals surface area contributed by atoms with Crippen LogP contribution in [0.25, 0.3) is 0 Å². The third-order valence-corrected chi connectivity index (χ3v) is 6.53. The highest BCUT2D eigenvalue weighted by atomic mass is 16.5. The lowest BCUT2D eigenvalue weighted by molar-refractivity contribution is -0.138. The highest BCUT2D eigenvalue weighted by molar-refractivity contribution is 5.81. The Kier molecular flexibility index (Phi) is 10.5. The molecular formula is C32H37NO4. The van der Waals surface area contributed by atoms with Gasteiger partial charge in [-0.2, -0.15) is 0 Å². The van der Waals surface area contributed by atoms with E-state index < -0.39 is 0 Å². The monoisotopic (exact) mass is 499 g/mol. The predicted molar refractivity (Wildman–Crippen MR) is 150 cm³/mol. The minimum Gasteiger partial charge on any atom is -0.463 e. The van der Waals surface area contributed by atoms with Crippen molar-refractivity contribution in [3.8, 4) is 0 Å². The molecule has 0 N–H and O–H groups in total. The number of anilines is 2. The molecule has 0 saturated carbocycles. The van der Waals surface area contributed by atoms with Gasteiger partial charge in [0.25, 0.3) is 0 Å².